The second-order valence-electron chi connectivity index (χ2n) is 18.4. The predicted molar refractivity (Wildman–Crippen MR) is 259 cm³/mol. The zero-order chi connectivity index (χ0) is 52.2. The van der Waals surface area contributed by atoms with Crippen LogP contribution in [0.1, 0.15) is 77.3 Å². The molecular weight excluding hydrogens is 1070 g/mol. The smallest absolute Gasteiger partial charge is 0.748 e. The fraction of sp³-hybridized carbons (Fsp3) is 0.354. The number of carbonyl (C=O) groups is 3. The maximum atomic E-state index is 14.1. The van der Waals surface area contributed by atoms with Gasteiger partial charge in [-0.2, -0.15) is 4.58 Å². The molecule has 0 bridgehead atoms. The van der Waals surface area contributed by atoms with E-state index in [1.54, 1.807) is 48.6 Å². The molecule has 0 aromatic heterocycles. The number of carbonyl (C=O) groups excluding carboxylic acids is 3. The van der Waals surface area contributed by atoms with E-state index in [4.69, 9.17) is 4.84 Å². The van der Waals surface area contributed by atoms with E-state index in [0.29, 0.717) is 63.2 Å². The van der Waals surface area contributed by atoms with E-state index >= 15 is 0 Å². The summed E-state index contributed by atoms with van der Waals surface area (Å²) in [6.07, 6.45) is 8.93. The van der Waals surface area contributed by atoms with Gasteiger partial charge >= 0.3 is 94.6 Å². The second kappa shape index (κ2) is 24.1. The summed E-state index contributed by atoms with van der Waals surface area (Å²) >= 11 is 0. The maximum absolute atomic E-state index is 14.1. The van der Waals surface area contributed by atoms with Gasteiger partial charge in [0.15, 0.2) is 5.71 Å². The molecule has 0 spiro atoms. The summed E-state index contributed by atoms with van der Waals surface area (Å²) in [5, 5.41) is 1.50. The number of hydrogen-bond acceptors (Lipinski definition) is 16. The van der Waals surface area contributed by atoms with E-state index in [-0.39, 0.29) is 150 Å². The molecule has 0 atom stereocenters. The number of rotatable bonds is 18. The quantitative estimate of drug-likeness (QED) is 0.0230. The van der Waals surface area contributed by atoms with Gasteiger partial charge in [0, 0.05) is 90.4 Å². The molecule has 74 heavy (non-hydrogen) atoms. The monoisotopic (exact) mass is 1120 g/mol. The molecule has 380 valence electrons. The molecule has 0 N–H and O–H groups in total. The molecule has 4 aromatic carbocycles. The van der Waals surface area contributed by atoms with Gasteiger partial charge in [0.2, 0.25) is 15.7 Å². The van der Waals surface area contributed by atoms with Gasteiger partial charge in [-0.05, 0) is 79.4 Å². The van der Waals surface area contributed by atoms with Crippen molar-refractivity contribution in [3.63, 3.8) is 0 Å². The zero-order valence-electron chi connectivity index (χ0n) is 42.4. The summed E-state index contributed by atoms with van der Waals surface area (Å²) < 4.78 is 140. The van der Waals surface area contributed by atoms with Gasteiger partial charge in [-0.15, -0.1) is 11.5 Å². The van der Waals surface area contributed by atoms with Crippen LogP contribution < -0.4 is 93.6 Å². The third-order valence-corrected chi connectivity index (χ3v) is 17.3. The molecule has 26 heteroatoms. The van der Waals surface area contributed by atoms with Crippen molar-refractivity contribution in [1.29, 1.82) is 0 Å². The van der Waals surface area contributed by atoms with Crippen LogP contribution in [-0.4, -0.2) is 117 Å². The average molecular weight is 1120 g/mol. The number of anilines is 1. The molecule has 3 aliphatic rings. The van der Waals surface area contributed by atoms with Crippen molar-refractivity contribution < 1.29 is 160 Å². The van der Waals surface area contributed by atoms with E-state index < -0.39 is 84.5 Å². The van der Waals surface area contributed by atoms with E-state index in [1.807, 2.05) is 49.3 Å². The summed E-state index contributed by atoms with van der Waals surface area (Å²) in [7, 11) is -17.8. The van der Waals surface area contributed by atoms with Gasteiger partial charge in [-0.3, -0.25) is 9.59 Å². The second-order valence-corrected chi connectivity index (χ2v) is 24.6. The van der Waals surface area contributed by atoms with Gasteiger partial charge in [0.05, 0.1) is 30.2 Å². The first-order valence-corrected chi connectivity index (χ1v) is 28.2. The van der Waals surface area contributed by atoms with Crippen molar-refractivity contribution in [2.45, 2.75) is 91.7 Å². The Bertz CT molecular complexity index is 3510. The molecule has 3 heterocycles. The zero-order valence-corrected chi connectivity index (χ0v) is 51.7. The maximum Gasteiger partial charge on any atom is 1.00 e. The Morgan fingerprint density at radius 2 is 1.41 bits per heavy atom. The SMILES string of the molecule is [CH2-]CC[N+]1=C(/C=C/C=C/C=C2/N(CCCS(=O)(=O)[O-])c3ccc4c(S(=O)(=O)N(C)CCCC(=O)ON5C(=O)CCC5=O)cccc4c3C2(C)C)C(C)(C)c2c1ccc1c(S(=O)(=O)[O-])cc(S(=O)(=O)[O-])cc21.[Na+].[Na+].[Na+]. The number of imide groups is 1. The number of nitrogens with zero attached hydrogens (tertiary/aromatic N) is 4. The van der Waals surface area contributed by atoms with Crippen molar-refractivity contribution in [3.05, 3.63) is 109 Å². The summed E-state index contributed by atoms with van der Waals surface area (Å²) in [5.41, 5.74) is 2.11. The van der Waals surface area contributed by atoms with Crippen LogP contribution in [0.3, 0.4) is 0 Å². The first-order valence-electron chi connectivity index (χ1n) is 22.3. The fourth-order valence-electron chi connectivity index (χ4n) is 9.74. The molecule has 0 saturated carbocycles. The minimum Gasteiger partial charge on any atom is -0.748 e. The van der Waals surface area contributed by atoms with Crippen molar-refractivity contribution in [3.8, 4) is 0 Å². The average Bonchev–Trinajstić information content (AvgIpc) is 3.79. The summed E-state index contributed by atoms with van der Waals surface area (Å²) in [4.78, 5) is 41.2. The number of benzene rings is 4. The molecule has 19 nitrogen and oxygen atoms in total. The van der Waals surface area contributed by atoms with Crippen LogP contribution in [0.25, 0.3) is 21.5 Å². The first kappa shape index (κ1) is 63.9. The Hall–Kier alpha value is -2.66. The van der Waals surface area contributed by atoms with Crippen LogP contribution in [0, 0.1) is 6.92 Å². The number of hydroxylamine groups is 2. The first-order chi connectivity index (χ1) is 33.0. The predicted octanol–water partition coefficient (Wildman–Crippen LogP) is -3.85. The van der Waals surface area contributed by atoms with Gasteiger partial charge in [-0.25, -0.2) is 42.8 Å². The third-order valence-electron chi connectivity index (χ3n) is 12.9. The Morgan fingerprint density at radius 3 is 2.01 bits per heavy atom. The van der Waals surface area contributed by atoms with E-state index in [9.17, 15) is 61.7 Å². The molecule has 0 radical (unpaired) electrons. The van der Waals surface area contributed by atoms with E-state index in [0.717, 1.165) is 15.9 Å². The number of sulfonamides is 1. The van der Waals surface area contributed by atoms with E-state index in [1.165, 1.54) is 19.2 Å². The molecule has 4 aromatic rings. The van der Waals surface area contributed by atoms with Crippen LogP contribution in [-0.2, 0) is 70.4 Å². The Morgan fingerprint density at radius 1 is 0.770 bits per heavy atom. The number of amides is 2. The Kier molecular flexibility index (Phi) is 20.8. The molecular formula is C48H51N4Na3O15S4. The third kappa shape index (κ3) is 12.9. The van der Waals surface area contributed by atoms with Gasteiger partial charge in [0.25, 0.3) is 11.8 Å². The van der Waals surface area contributed by atoms with Crippen molar-refractivity contribution >= 4 is 96.8 Å². The minimum atomic E-state index is -5.21. The van der Waals surface area contributed by atoms with Crippen LogP contribution in [0.15, 0.2) is 105 Å². The van der Waals surface area contributed by atoms with Crippen molar-refractivity contribution in [2.75, 3.05) is 37.3 Å². The van der Waals surface area contributed by atoms with Crippen LogP contribution in [0.4, 0.5) is 11.4 Å². The molecule has 3 aliphatic heterocycles. The van der Waals surface area contributed by atoms with Gasteiger partial charge < -0.3 is 30.3 Å². The van der Waals surface area contributed by atoms with Crippen molar-refractivity contribution in [2.24, 2.45) is 0 Å². The molecule has 2 amide bonds. The van der Waals surface area contributed by atoms with Gasteiger partial charge in [0.1, 0.15) is 26.8 Å². The standard InChI is InChI=1S/C48H54N4O15S4.3Na/c1-7-25-50-37-22-20-33-35(29-31(70(61,62)63)30-39(33)71(64,65)66)46(37)48(4,5)40(50)16-9-8-10-17-41-47(2,3)45-34-14-11-15-38(32(34)19-21-36(45)51(41)27-13-28-68(56,57)58)69(59,60)49(6)26-12-18-44(55)67-52-42(53)23-24-43(52)54;;;/h8-11,14-17,19-22,29-30H,1,7,12-13,18,23-28H2,2-6H3,(H,56,57,58)(H,61,62,63)(H,64,65,66);;;/q;3*+1/p-3. The summed E-state index contributed by atoms with van der Waals surface area (Å²) in [5.74, 6) is -2.75. The summed E-state index contributed by atoms with van der Waals surface area (Å²) in [6.45, 7) is 11.9. The molecule has 0 aliphatic carbocycles. The largest absolute Gasteiger partial charge is 1.00 e. The molecule has 7 rings (SSSR count). The molecule has 1 fully saturated rings. The minimum absolute atomic E-state index is 0. The fourth-order valence-corrected chi connectivity index (χ4v) is 13.0. The summed E-state index contributed by atoms with van der Waals surface area (Å²) in [6, 6.07) is 13.0. The Labute approximate surface area is 498 Å². The van der Waals surface area contributed by atoms with Crippen LogP contribution >= 0.6 is 0 Å². The van der Waals surface area contributed by atoms with E-state index in [2.05, 4.69) is 6.92 Å². The molecule has 1 saturated heterocycles. The normalized spacial score (nSPS) is 17.1. The van der Waals surface area contributed by atoms with Crippen molar-refractivity contribution in [1.82, 2.24) is 9.37 Å². The number of fused-ring (bicyclic) bond motifs is 6. The topological polar surface area (TPSA) is 279 Å². The number of allylic oxidation sites excluding steroid dienone is 6. The Balaban J connectivity index is 0.00000395. The van der Waals surface area contributed by atoms with Gasteiger partial charge in [-0.1, -0.05) is 50.3 Å². The van der Waals surface area contributed by atoms with Crippen LogP contribution in [0.2, 0.25) is 0 Å². The van der Waals surface area contributed by atoms with Crippen LogP contribution in [0.5, 0.6) is 0 Å². The molecule has 0 unspecified atom stereocenters. The number of hydrogen-bond donors (Lipinski definition) is 0.